The standard InChI is InChI=1S/C17H27N/c1-4-13-11-15-9-7-8-10-17(18-6-3)16(15)12-14(13)5-2/h11-12,17-18H,4-10H2,1-3H3. The molecule has 1 N–H and O–H groups in total. The summed E-state index contributed by atoms with van der Waals surface area (Å²) in [5, 5.41) is 3.67. The van der Waals surface area contributed by atoms with Crippen LogP contribution in [0.1, 0.15) is 68.3 Å². The molecule has 0 amide bonds. The van der Waals surface area contributed by atoms with Gasteiger partial charge in [-0.2, -0.15) is 0 Å². The summed E-state index contributed by atoms with van der Waals surface area (Å²) in [5.74, 6) is 0. The Balaban J connectivity index is 2.42. The molecule has 0 spiro atoms. The van der Waals surface area contributed by atoms with E-state index in [1.54, 1.807) is 22.3 Å². The van der Waals surface area contributed by atoms with Gasteiger partial charge in [-0.25, -0.2) is 0 Å². The first-order valence-electron chi connectivity index (χ1n) is 7.68. The number of benzene rings is 1. The molecule has 1 aromatic rings. The van der Waals surface area contributed by atoms with Crippen molar-refractivity contribution in [1.29, 1.82) is 0 Å². The highest BCUT2D eigenvalue weighted by atomic mass is 14.9. The Kier molecular flexibility index (Phi) is 4.82. The van der Waals surface area contributed by atoms with Crippen LogP contribution in [-0.2, 0) is 19.3 Å². The largest absolute Gasteiger partial charge is 0.310 e. The topological polar surface area (TPSA) is 12.0 Å². The second-order valence-electron chi connectivity index (χ2n) is 5.38. The van der Waals surface area contributed by atoms with Crippen LogP contribution in [0.4, 0.5) is 0 Å². The zero-order valence-corrected chi connectivity index (χ0v) is 12.2. The van der Waals surface area contributed by atoms with Gasteiger partial charge >= 0.3 is 0 Å². The first kappa shape index (κ1) is 13.6. The van der Waals surface area contributed by atoms with Gasteiger partial charge in [-0.1, -0.05) is 39.3 Å². The fourth-order valence-electron chi connectivity index (χ4n) is 3.24. The van der Waals surface area contributed by atoms with Crippen LogP contribution in [0.3, 0.4) is 0 Å². The van der Waals surface area contributed by atoms with E-state index in [2.05, 4.69) is 38.2 Å². The first-order chi connectivity index (χ1) is 8.80. The van der Waals surface area contributed by atoms with Crippen molar-refractivity contribution in [3.05, 3.63) is 34.4 Å². The average Bonchev–Trinajstić information content (AvgIpc) is 2.60. The van der Waals surface area contributed by atoms with Crippen LogP contribution in [0.5, 0.6) is 0 Å². The highest BCUT2D eigenvalue weighted by Crippen LogP contribution is 2.31. The third kappa shape index (κ3) is 2.77. The fourth-order valence-corrected chi connectivity index (χ4v) is 3.24. The second-order valence-corrected chi connectivity index (χ2v) is 5.38. The summed E-state index contributed by atoms with van der Waals surface area (Å²) in [6, 6.07) is 5.57. The van der Waals surface area contributed by atoms with Crippen LogP contribution in [0.15, 0.2) is 12.1 Å². The van der Waals surface area contributed by atoms with Gasteiger partial charge in [0.2, 0.25) is 0 Å². The lowest BCUT2D eigenvalue weighted by Gasteiger charge is -2.21. The summed E-state index contributed by atoms with van der Waals surface area (Å²) in [4.78, 5) is 0. The van der Waals surface area contributed by atoms with Crippen LogP contribution in [0.25, 0.3) is 0 Å². The zero-order chi connectivity index (χ0) is 13.0. The Morgan fingerprint density at radius 3 is 2.44 bits per heavy atom. The molecular weight excluding hydrogens is 218 g/mol. The molecule has 100 valence electrons. The molecule has 1 aliphatic carbocycles. The molecule has 1 nitrogen and oxygen atoms in total. The molecular formula is C17H27N. The van der Waals surface area contributed by atoms with Gasteiger partial charge in [0.1, 0.15) is 0 Å². The maximum atomic E-state index is 3.67. The van der Waals surface area contributed by atoms with Gasteiger partial charge in [-0.05, 0) is 60.9 Å². The maximum Gasteiger partial charge on any atom is 0.0322 e. The molecule has 0 aliphatic heterocycles. The van der Waals surface area contributed by atoms with Crippen molar-refractivity contribution in [3.8, 4) is 0 Å². The summed E-state index contributed by atoms with van der Waals surface area (Å²) in [5.41, 5.74) is 6.31. The lowest BCUT2D eigenvalue weighted by molar-refractivity contribution is 0.503. The van der Waals surface area contributed by atoms with Gasteiger partial charge in [0, 0.05) is 6.04 Å². The van der Waals surface area contributed by atoms with Crippen LogP contribution in [0, 0.1) is 0 Å². The Morgan fingerprint density at radius 2 is 1.78 bits per heavy atom. The number of nitrogens with one attached hydrogen (secondary N) is 1. The highest BCUT2D eigenvalue weighted by Gasteiger charge is 2.19. The number of aryl methyl sites for hydroxylation is 3. The molecule has 1 aliphatic rings. The Labute approximate surface area is 112 Å². The lowest BCUT2D eigenvalue weighted by Crippen LogP contribution is -2.21. The zero-order valence-electron chi connectivity index (χ0n) is 12.2. The molecule has 1 unspecified atom stereocenters. The van der Waals surface area contributed by atoms with Crippen molar-refractivity contribution in [2.75, 3.05) is 6.54 Å². The van der Waals surface area contributed by atoms with E-state index in [0.717, 1.165) is 13.0 Å². The summed E-state index contributed by atoms with van der Waals surface area (Å²) in [7, 11) is 0. The molecule has 0 saturated heterocycles. The summed E-state index contributed by atoms with van der Waals surface area (Å²) in [6.07, 6.45) is 7.61. The SMILES string of the molecule is CCNC1CCCCc2cc(CC)c(CC)cc21. The minimum atomic E-state index is 0.587. The number of hydrogen-bond donors (Lipinski definition) is 1. The third-order valence-electron chi connectivity index (χ3n) is 4.24. The van der Waals surface area contributed by atoms with Gasteiger partial charge in [0.25, 0.3) is 0 Å². The van der Waals surface area contributed by atoms with E-state index in [0.29, 0.717) is 6.04 Å². The van der Waals surface area contributed by atoms with Crippen LogP contribution >= 0.6 is 0 Å². The van der Waals surface area contributed by atoms with Crippen LogP contribution in [0.2, 0.25) is 0 Å². The van der Waals surface area contributed by atoms with Crippen molar-refractivity contribution in [1.82, 2.24) is 5.32 Å². The van der Waals surface area contributed by atoms with E-state index in [1.807, 2.05) is 0 Å². The van der Waals surface area contributed by atoms with Crippen LogP contribution < -0.4 is 5.32 Å². The summed E-state index contributed by atoms with van der Waals surface area (Å²) in [6.45, 7) is 7.84. The molecule has 1 heteroatoms. The lowest BCUT2D eigenvalue weighted by atomic mass is 9.91. The number of fused-ring (bicyclic) bond motifs is 1. The van der Waals surface area contributed by atoms with Gasteiger partial charge in [0.05, 0.1) is 0 Å². The Bertz CT molecular complexity index is 395. The van der Waals surface area contributed by atoms with Crippen molar-refractivity contribution in [3.63, 3.8) is 0 Å². The molecule has 0 bridgehead atoms. The number of rotatable bonds is 4. The number of hydrogen-bond acceptors (Lipinski definition) is 1. The Morgan fingerprint density at radius 1 is 1.06 bits per heavy atom. The van der Waals surface area contributed by atoms with Gasteiger partial charge < -0.3 is 5.32 Å². The molecule has 0 fully saturated rings. The highest BCUT2D eigenvalue weighted by molar-refractivity contribution is 5.41. The van der Waals surface area contributed by atoms with E-state index in [-0.39, 0.29) is 0 Å². The van der Waals surface area contributed by atoms with Gasteiger partial charge in [-0.3, -0.25) is 0 Å². The van der Waals surface area contributed by atoms with Crippen molar-refractivity contribution in [2.45, 2.75) is 65.3 Å². The normalized spacial score (nSPS) is 19.4. The van der Waals surface area contributed by atoms with E-state index < -0.39 is 0 Å². The van der Waals surface area contributed by atoms with E-state index in [4.69, 9.17) is 0 Å². The maximum absolute atomic E-state index is 3.67. The predicted octanol–water partition coefficient (Wildman–Crippen LogP) is 4.19. The van der Waals surface area contributed by atoms with Crippen LogP contribution in [-0.4, -0.2) is 6.54 Å². The predicted molar refractivity (Wildman–Crippen MR) is 79.2 cm³/mol. The molecule has 0 aromatic heterocycles. The fraction of sp³-hybridized carbons (Fsp3) is 0.647. The smallest absolute Gasteiger partial charge is 0.0322 e. The minimum Gasteiger partial charge on any atom is -0.310 e. The molecule has 0 radical (unpaired) electrons. The molecule has 0 saturated carbocycles. The molecule has 1 aromatic carbocycles. The van der Waals surface area contributed by atoms with Crippen molar-refractivity contribution in [2.24, 2.45) is 0 Å². The van der Waals surface area contributed by atoms with Crippen molar-refractivity contribution >= 4 is 0 Å². The molecule has 0 heterocycles. The summed E-state index contributed by atoms with van der Waals surface area (Å²) < 4.78 is 0. The van der Waals surface area contributed by atoms with Gasteiger partial charge in [-0.15, -0.1) is 0 Å². The van der Waals surface area contributed by atoms with E-state index in [1.165, 1.54) is 32.1 Å². The third-order valence-corrected chi connectivity index (χ3v) is 4.24. The molecule has 1 atom stereocenters. The van der Waals surface area contributed by atoms with Crippen molar-refractivity contribution < 1.29 is 0 Å². The first-order valence-corrected chi connectivity index (χ1v) is 7.68. The molecule has 18 heavy (non-hydrogen) atoms. The van der Waals surface area contributed by atoms with E-state index >= 15 is 0 Å². The quantitative estimate of drug-likeness (QED) is 0.784. The average molecular weight is 245 g/mol. The van der Waals surface area contributed by atoms with E-state index in [9.17, 15) is 0 Å². The molecule has 2 rings (SSSR count). The summed E-state index contributed by atoms with van der Waals surface area (Å²) >= 11 is 0. The monoisotopic (exact) mass is 245 g/mol. The Hall–Kier alpha value is -0.820. The van der Waals surface area contributed by atoms with Gasteiger partial charge in [0.15, 0.2) is 0 Å². The minimum absolute atomic E-state index is 0.587. The second kappa shape index (κ2) is 6.38.